The summed E-state index contributed by atoms with van der Waals surface area (Å²) in [5.74, 6) is 0. The number of piperidine rings is 1. The average molecular weight is 451 g/mol. The van der Waals surface area contributed by atoms with Crippen molar-refractivity contribution in [2.75, 3.05) is 19.6 Å². The van der Waals surface area contributed by atoms with E-state index in [-0.39, 0.29) is 5.60 Å². The lowest BCUT2D eigenvalue weighted by molar-refractivity contribution is -0.0788. The lowest BCUT2D eigenvalue weighted by Gasteiger charge is -2.39. The van der Waals surface area contributed by atoms with Crippen LogP contribution in [0.4, 0.5) is 0 Å². The van der Waals surface area contributed by atoms with Crippen LogP contribution in [0.5, 0.6) is 0 Å². The Balaban J connectivity index is 1.06. The Labute approximate surface area is 203 Å². The second kappa shape index (κ2) is 9.05. The molecule has 34 heavy (non-hydrogen) atoms. The van der Waals surface area contributed by atoms with Gasteiger partial charge < -0.3 is 14.2 Å². The second-order valence-corrected chi connectivity index (χ2v) is 10.1. The van der Waals surface area contributed by atoms with Gasteiger partial charge in [0, 0.05) is 30.4 Å². The first-order valence-electron chi connectivity index (χ1n) is 12.8. The van der Waals surface area contributed by atoms with Crippen LogP contribution < -0.4 is 0 Å². The van der Waals surface area contributed by atoms with Gasteiger partial charge in [0.1, 0.15) is 0 Å². The highest BCUT2D eigenvalue weighted by atomic mass is 16.5. The monoisotopic (exact) mass is 450 g/mol. The van der Waals surface area contributed by atoms with Crippen molar-refractivity contribution in [2.45, 2.75) is 51.2 Å². The zero-order chi connectivity index (χ0) is 23.0. The predicted molar refractivity (Wildman–Crippen MR) is 140 cm³/mol. The van der Waals surface area contributed by atoms with Crippen LogP contribution in [0.2, 0.25) is 0 Å². The maximum atomic E-state index is 6.34. The van der Waals surface area contributed by atoms with E-state index in [1.807, 2.05) is 0 Å². The molecule has 0 radical (unpaired) electrons. The third kappa shape index (κ3) is 3.97. The molecule has 0 atom stereocenters. The first kappa shape index (κ1) is 21.6. The second-order valence-electron chi connectivity index (χ2n) is 10.1. The third-order valence-electron chi connectivity index (χ3n) is 7.95. The maximum Gasteiger partial charge on any atom is 0.0963 e. The molecule has 1 fully saturated rings. The Kier molecular flexibility index (Phi) is 5.76. The van der Waals surface area contributed by atoms with E-state index in [1.165, 1.54) is 58.2 Å². The van der Waals surface area contributed by atoms with Gasteiger partial charge in [-0.05, 0) is 80.5 Å². The van der Waals surface area contributed by atoms with E-state index in [1.54, 1.807) is 0 Å². The Hall–Kier alpha value is -2.88. The van der Waals surface area contributed by atoms with Gasteiger partial charge in [-0.3, -0.25) is 0 Å². The molecular formula is C31H34N2O. The van der Waals surface area contributed by atoms with E-state index in [4.69, 9.17) is 4.74 Å². The fraction of sp³-hybridized carbons (Fsp3) is 0.355. The van der Waals surface area contributed by atoms with Crippen molar-refractivity contribution in [3.8, 4) is 5.69 Å². The smallest absolute Gasteiger partial charge is 0.0963 e. The van der Waals surface area contributed by atoms with Crippen molar-refractivity contribution in [2.24, 2.45) is 0 Å². The normalized spacial score (nSPS) is 17.4. The largest absolute Gasteiger partial charge is 0.365 e. The molecule has 174 valence electrons. The molecule has 3 heteroatoms. The first-order chi connectivity index (χ1) is 16.7. The molecule has 3 heterocycles. The van der Waals surface area contributed by atoms with Crippen LogP contribution in [0.3, 0.4) is 0 Å². The summed E-state index contributed by atoms with van der Waals surface area (Å²) in [5.41, 5.74) is 8.12. The summed E-state index contributed by atoms with van der Waals surface area (Å²) >= 11 is 0. The number of aromatic nitrogens is 1. The van der Waals surface area contributed by atoms with Gasteiger partial charge >= 0.3 is 0 Å². The highest BCUT2D eigenvalue weighted by molar-refractivity contribution is 5.85. The molecule has 1 spiro atoms. The third-order valence-corrected chi connectivity index (χ3v) is 7.95. The molecule has 3 nitrogen and oxygen atoms in total. The number of hydrogen-bond acceptors (Lipinski definition) is 2. The van der Waals surface area contributed by atoms with E-state index < -0.39 is 0 Å². The lowest BCUT2D eigenvalue weighted by atomic mass is 9.84. The SMILES string of the molecule is Cc1ccc(-n2cc(CCCCN3CCC4(CC3)OCc3ccccc34)c3ccccc32)cc1. The van der Waals surface area contributed by atoms with E-state index in [2.05, 4.69) is 95.4 Å². The molecule has 1 aromatic heterocycles. The van der Waals surface area contributed by atoms with Gasteiger partial charge in [0.05, 0.1) is 17.7 Å². The molecule has 0 saturated carbocycles. The van der Waals surface area contributed by atoms with Crippen molar-refractivity contribution in [3.05, 3.63) is 101 Å². The zero-order valence-corrected chi connectivity index (χ0v) is 20.2. The van der Waals surface area contributed by atoms with Crippen molar-refractivity contribution in [1.29, 1.82) is 0 Å². The summed E-state index contributed by atoms with van der Waals surface area (Å²) in [6.45, 7) is 6.40. The molecule has 2 aliphatic heterocycles. The van der Waals surface area contributed by atoms with Crippen molar-refractivity contribution in [1.82, 2.24) is 9.47 Å². The number of rotatable bonds is 6. The molecule has 4 aromatic rings. The Morgan fingerprint density at radius 2 is 1.62 bits per heavy atom. The van der Waals surface area contributed by atoms with Crippen molar-refractivity contribution < 1.29 is 4.74 Å². The van der Waals surface area contributed by atoms with E-state index in [9.17, 15) is 0 Å². The lowest BCUT2D eigenvalue weighted by Crippen LogP contribution is -2.42. The van der Waals surface area contributed by atoms with Crippen LogP contribution in [0.15, 0.2) is 79.0 Å². The number of ether oxygens (including phenoxy) is 1. The predicted octanol–water partition coefficient (Wildman–Crippen LogP) is 6.78. The van der Waals surface area contributed by atoms with Gasteiger partial charge in [-0.1, -0.05) is 60.2 Å². The summed E-state index contributed by atoms with van der Waals surface area (Å²) in [5, 5.41) is 1.39. The number of likely N-dealkylation sites (tertiary alicyclic amines) is 1. The van der Waals surface area contributed by atoms with Crippen LogP contribution in [0.25, 0.3) is 16.6 Å². The number of aryl methyl sites for hydroxylation is 2. The minimum absolute atomic E-state index is 0.0229. The maximum absolute atomic E-state index is 6.34. The number of unbranched alkanes of at least 4 members (excludes halogenated alkanes) is 1. The fourth-order valence-corrected chi connectivity index (χ4v) is 5.96. The van der Waals surface area contributed by atoms with Crippen molar-refractivity contribution in [3.63, 3.8) is 0 Å². The molecular weight excluding hydrogens is 416 g/mol. The molecule has 3 aromatic carbocycles. The molecule has 2 aliphatic rings. The van der Waals surface area contributed by atoms with E-state index >= 15 is 0 Å². The Bertz CT molecular complexity index is 1280. The van der Waals surface area contributed by atoms with Gasteiger partial charge in [0.25, 0.3) is 0 Å². The van der Waals surface area contributed by atoms with Gasteiger partial charge in [-0.2, -0.15) is 0 Å². The van der Waals surface area contributed by atoms with Crippen LogP contribution in [-0.2, 0) is 23.4 Å². The highest BCUT2D eigenvalue weighted by Gasteiger charge is 2.42. The van der Waals surface area contributed by atoms with Crippen LogP contribution in [0, 0.1) is 6.92 Å². The standard InChI is InChI=1S/C31H34N2O/c1-24-13-15-27(16-14-24)33-22-25(28-10-3-5-12-30(28)33)8-6-7-19-32-20-17-31(18-21-32)29-11-4-2-9-26(29)23-34-31/h2-5,9-16,22H,6-8,17-21,23H2,1H3. The molecule has 0 aliphatic carbocycles. The van der Waals surface area contributed by atoms with Crippen molar-refractivity contribution >= 4 is 10.9 Å². The molecule has 0 amide bonds. The summed E-state index contributed by atoms with van der Waals surface area (Å²) in [6, 6.07) is 26.5. The van der Waals surface area contributed by atoms with Gasteiger partial charge in [-0.15, -0.1) is 0 Å². The van der Waals surface area contributed by atoms with Gasteiger partial charge in [0.15, 0.2) is 0 Å². The number of para-hydroxylation sites is 1. The number of benzene rings is 3. The summed E-state index contributed by atoms with van der Waals surface area (Å²) in [4.78, 5) is 2.64. The first-order valence-corrected chi connectivity index (χ1v) is 12.8. The van der Waals surface area contributed by atoms with Gasteiger partial charge in [0.2, 0.25) is 0 Å². The quantitative estimate of drug-likeness (QED) is 0.301. The zero-order valence-electron chi connectivity index (χ0n) is 20.2. The average Bonchev–Trinajstić information content (AvgIpc) is 3.43. The topological polar surface area (TPSA) is 17.4 Å². The fourth-order valence-electron chi connectivity index (χ4n) is 5.96. The number of nitrogens with zero attached hydrogens (tertiary/aromatic N) is 2. The number of fused-ring (bicyclic) bond motifs is 3. The molecule has 6 rings (SSSR count). The summed E-state index contributed by atoms with van der Waals surface area (Å²) < 4.78 is 8.70. The minimum Gasteiger partial charge on any atom is -0.365 e. The van der Waals surface area contributed by atoms with E-state index in [0.29, 0.717) is 0 Å². The highest BCUT2D eigenvalue weighted by Crippen LogP contribution is 2.44. The minimum atomic E-state index is -0.0229. The molecule has 1 saturated heterocycles. The van der Waals surface area contributed by atoms with Crippen LogP contribution >= 0.6 is 0 Å². The van der Waals surface area contributed by atoms with Gasteiger partial charge in [-0.25, -0.2) is 0 Å². The summed E-state index contributed by atoms with van der Waals surface area (Å²) in [6.07, 6.45) is 8.20. The molecule has 0 bridgehead atoms. The van der Waals surface area contributed by atoms with E-state index in [0.717, 1.165) is 39.0 Å². The summed E-state index contributed by atoms with van der Waals surface area (Å²) in [7, 11) is 0. The van der Waals surface area contributed by atoms with Crippen LogP contribution in [-0.4, -0.2) is 29.1 Å². The Morgan fingerprint density at radius 3 is 2.47 bits per heavy atom. The molecule has 0 unspecified atom stereocenters. The number of hydrogen-bond donors (Lipinski definition) is 0. The Morgan fingerprint density at radius 1 is 0.853 bits per heavy atom. The molecule has 0 N–H and O–H groups in total. The van der Waals surface area contributed by atoms with Crippen LogP contribution in [0.1, 0.15) is 47.9 Å².